The average molecular weight is 278 g/mol. The van der Waals surface area contributed by atoms with Crippen LogP contribution in [0.2, 0.25) is 0 Å². The summed E-state index contributed by atoms with van der Waals surface area (Å²) in [7, 11) is 0. The number of nitrogens with one attached hydrogen (secondary N) is 1. The van der Waals surface area contributed by atoms with Crippen molar-refractivity contribution in [2.24, 2.45) is 0 Å². The summed E-state index contributed by atoms with van der Waals surface area (Å²) in [6.07, 6.45) is 0. The Labute approximate surface area is 114 Å². The predicted octanol–water partition coefficient (Wildman–Crippen LogP) is 3.79. The van der Waals surface area contributed by atoms with Crippen LogP contribution < -0.4 is 5.32 Å². The molecule has 0 saturated heterocycles. The van der Waals surface area contributed by atoms with E-state index in [2.05, 4.69) is 5.32 Å². The highest BCUT2D eigenvalue weighted by molar-refractivity contribution is 5.61. The fourth-order valence-electron chi connectivity index (χ4n) is 1.86. The molecule has 0 saturated carbocycles. The van der Waals surface area contributed by atoms with E-state index in [0.717, 1.165) is 29.3 Å². The summed E-state index contributed by atoms with van der Waals surface area (Å²) in [5.74, 6) is -0.906. The second kappa shape index (κ2) is 5.64. The quantitative estimate of drug-likeness (QED) is 0.683. The van der Waals surface area contributed by atoms with Crippen LogP contribution in [0.5, 0.6) is 0 Å². The Hall–Kier alpha value is -2.50. The Morgan fingerprint density at radius 1 is 1.15 bits per heavy atom. The maximum absolute atomic E-state index is 13.2. The third kappa shape index (κ3) is 3.09. The van der Waals surface area contributed by atoms with E-state index in [1.807, 2.05) is 0 Å². The minimum Gasteiger partial charge on any atom is -0.375 e. The van der Waals surface area contributed by atoms with Gasteiger partial charge in [0.2, 0.25) is 0 Å². The van der Waals surface area contributed by atoms with E-state index in [-0.39, 0.29) is 23.7 Å². The van der Waals surface area contributed by atoms with E-state index < -0.39 is 10.7 Å². The third-order valence-electron chi connectivity index (χ3n) is 2.93. The normalized spacial score (nSPS) is 10.3. The van der Waals surface area contributed by atoms with Gasteiger partial charge in [0.1, 0.15) is 17.3 Å². The van der Waals surface area contributed by atoms with Gasteiger partial charge in [-0.3, -0.25) is 10.1 Å². The molecule has 0 fully saturated rings. The molecule has 104 valence electrons. The number of nitro groups is 1. The Morgan fingerprint density at radius 2 is 1.80 bits per heavy atom. The van der Waals surface area contributed by atoms with E-state index in [0.29, 0.717) is 0 Å². The van der Waals surface area contributed by atoms with Crippen molar-refractivity contribution in [2.45, 2.75) is 13.5 Å². The molecule has 2 aromatic rings. The van der Waals surface area contributed by atoms with Gasteiger partial charge in [0.25, 0.3) is 5.69 Å². The molecule has 0 aliphatic rings. The van der Waals surface area contributed by atoms with Gasteiger partial charge >= 0.3 is 0 Å². The van der Waals surface area contributed by atoms with Gasteiger partial charge in [0, 0.05) is 18.7 Å². The summed E-state index contributed by atoms with van der Waals surface area (Å²) >= 11 is 0. The first-order chi connectivity index (χ1) is 9.47. The first kappa shape index (κ1) is 13.9. The molecule has 0 heterocycles. The second-order valence-corrected chi connectivity index (χ2v) is 4.34. The number of benzene rings is 2. The Morgan fingerprint density at radius 3 is 2.45 bits per heavy atom. The zero-order valence-corrected chi connectivity index (χ0v) is 10.7. The fraction of sp³-hybridized carbons (Fsp3) is 0.143. The molecule has 0 radical (unpaired) electrons. The number of rotatable bonds is 4. The zero-order chi connectivity index (χ0) is 14.7. The van der Waals surface area contributed by atoms with Crippen molar-refractivity contribution in [2.75, 3.05) is 5.32 Å². The lowest BCUT2D eigenvalue weighted by Crippen LogP contribution is -2.04. The van der Waals surface area contributed by atoms with Gasteiger partial charge in [-0.2, -0.15) is 0 Å². The third-order valence-corrected chi connectivity index (χ3v) is 2.93. The number of anilines is 1. The molecule has 0 unspecified atom stereocenters. The van der Waals surface area contributed by atoms with E-state index in [4.69, 9.17) is 0 Å². The average Bonchev–Trinajstić information content (AvgIpc) is 2.37. The lowest BCUT2D eigenvalue weighted by molar-refractivity contribution is -0.384. The molecule has 0 spiro atoms. The minimum absolute atomic E-state index is 0.0960. The lowest BCUT2D eigenvalue weighted by atomic mass is 10.1. The molecular weight excluding hydrogens is 266 g/mol. The van der Waals surface area contributed by atoms with E-state index in [9.17, 15) is 18.9 Å². The van der Waals surface area contributed by atoms with Gasteiger partial charge in [-0.05, 0) is 36.2 Å². The van der Waals surface area contributed by atoms with Crippen molar-refractivity contribution in [3.8, 4) is 0 Å². The minimum atomic E-state index is -0.584. The van der Waals surface area contributed by atoms with Crippen molar-refractivity contribution >= 4 is 11.4 Å². The predicted molar refractivity (Wildman–Crippen MR) is 71.5 cm³/mol. The summed E-state index contributed by atoms with van der Waals surface area (Å²) in [6, 6.07) is 7.47. The molecule has 0 aromatic heterocycles. The van der Waals surface area contributed by atoms with E-state index >= 15 is 0 Å². The van der Waals surface area contributed by atoms with Gasteiger partial charge in [-0.25, -0.2) is 8.78 Å². The van der Waals surface area contributed by atoms with Crippen molar-refractivity contribution in [3.05, 3.63) is 69.3 Å². The zero-order valence-electron chi connectivity index (χ0n) is 10.7. The number of hydrogen-bond donors (Lipinski definition) is 1. The smallest absolute Gasteiger partial charge is 0.292 e. The number of nitro benzene ring substituents is 1. The van der Waals surface area contributed by atoms with Crippen LogP contribution >= 0.6 is 0 Å². The van der Waals surface area contributed by atoms with E-state index in [1.54, 1.807) is 13.0 Å². The largest absolute Gasteiger partial charge is 0.375 e. The van der Waals surface area contributed by atoms with Crippen molar-refractivity contribution < 1.29 is 13.7 Å². The summed E-state index contributed by atoms with van der Waals surface area (Å²) in [6.45, 7) is 1.98. The summed E-state index contributed by atoms with van der Waals surface area (Å²) in [5.41, 5.74) is 1.39. The van der Waals surface area contributed by atoms with Crippen molar-refractivity contribution in [3.63, 3.8) is 0 Å². The van der Waals surface area contributed by atoms with Crippen LogP contribution in [0.25, 0.3) is 0 Å². The highest BCUT2D eigenvalue weighted by Gasteiger charge is 2.14. The van der Waals surface area contributed by atoms with Crippen LogP contribution in [0, 0.1) is 28.7 Å². The Bertz CT molecular complexity index is 660. The van der Waals surface area contributed by atoms with Gasteiger partial charge in [0.05, 0.1) is 4.92 Å². The lowest BCUT2D eigenvalue weighted by Gasteiger charge is -2.09. The fourth-order valence-corrected chi connectivity index (χ4v) is 1.86. The van der Waals surface area contributed by atoms with Gasteiger partial charge in [-0.1, -0.05) is 6.07 Å². The Kier molecular flexibility index (Phi) is 3.93. The van der Waals surface area contributed by atoms with Gasteiger partial charge in [0.15, 0.2) is 0 Å². The van der Waals surface area contributed by atoms with Gasteiger partial charge in [-0.15, -0.1) is 0 Å². The summed E-state index contributed by atoms with van der Waals surface area (Å²) < 4.78 is 26.1. The number of halogens is 2. The molecule has 20 heavy (non-hydrogen) atoms. The molecule has 4 nitrogen and oxygen atoms in total. The first-order valence-corrected chi connectivity index (χ1v) is 5.90. The molecule has 0 aliphatic carbocycles. The van der Waals surface area contributed by atoms with Crippen LogP contribution in [-0.2, 0) is 6.54 Å². The molecule has 0 bridgehead atoms. The molecular formula is C14H12F2N2O2. The summed E-state index contributed by atoms with van der Waals surface area (Å²) in [5, 5.41) is 13.7. The van der Waals surface area contributed by atoms with Crippen LogP contribution in [0.3, 0.4) is 0 Å². The molecule has 2 rings (SSSR count). The number of hydrogen-bond acceptors (Lipinski definition) is 3. The van der Waals surface area contributed by atoms with E-state index in [1.165, 1.54) is 12.1 Å². The van der Waals surface area contributed by atoms with Crippen molar-refractivity contribution in [1.29, 1.82) is 0 Å². The SMILES string of the molecule is Cc1cc(F)ccc1CNc1cc(F)ccc1[N+](=O)[O-]. The first-order valence-electron chi connectivity index (χ1n) is 5.90. The van der Waals surface area contributed by atoms with Crippen LogP contribution in [0.1, 0.15) is 11.1 Å². The van der Waals surface area contributed by atoms with Gasteiger partial charge < -0.3 is 5.32 Å². The highest BCUT2D eigenvalue weighted by Crippen LogP contribution is 2.25. The van der Waals surface area contributed by atoms with Crippen molar-refractivity contribution in [1.82, 2.24) is 0 Å². The maximum Gasteiger partial charge on any atom is 0.292 e. The Balaban J connectivity index is 2.22. The molecule has 0 amide bonds. The van der Waals surface area contributed by atoms with Crippen LogP contribution in [0.15, 0.2) is 36.4 Å². The topological polar surface area (TPSA) is 55.2 Å². The molecule has 0 atom stereocenters. The summed E-state index contributed by atoms with van der Waals surface area (Å²) in [4.78, 5) is 10.3. The second-order valence-electron chi connectivity index (χ2n) is 4.34. The molecule has 0 aliphatic heterocycles. The number of aryl methyl sites for hydroxylation is 1. The maximum atomic E-state index is 13.2. The highest BCUT2D eigenvalue weighted by atomic mass is 19.1. The standard InChI is InChI=1S/C14H12F2N2O2/c1-9-6-11(15)3-2-10(9)8-17-13-7-12(16)4-5-14(13)18(19)20/h2-7,17H,8H2,1H3. The monoisotopic (exact) mass is 278 g/mol. The van der Waals surface area contributed by atoms with Crippen LogP contribution in [0.4, 0.5) is 20.2 Å². The number of nitrogens with zero attached hydrogens (tertiary/aromatic N) is 1. The van der Waals surface area contributed by atoms with Crippen LogP contribution in [-0.4, -0.2) is 4.92 Å². The molecule has 6 heteroatoms. The molecule has 1 N–H and O–H groups in total. The molecule has 2 aromatic carbocycles.